The Labute approximate surface area is 146 Å². The Balaban J connectivity index is 1.49. The van der Waals surface area contributed by atoms with E-state index in [0.717, 1.165) is 11.1 Å². The summed E-state index contributed by atoms with van der Waals surface area (Å²) in [6.07, 6.45) is 0. The van der Waals surface area contributed by atoms with Crippen LogP contribution in [0.15, 0.2) is 60.7 Å². The molecule has 0 aromatic heterocycles. The number of ether oxygens (including phenoxy) is 4. The maximum Gasteiger partial charge on any atom is 0.334 e. The van der Waals surface area contributed by atoms with Gasteiger partial charge in [0.15, 0.2) is 0 Å². The highest BCUT2D eigenvalue weighted by Gasteiger charge is 2.07. The van der Waals surface area contributed by atoms with E-state index in [1.165, 1.54) is 0 Å². The summed E-state index contributed by atoms with van der Waals surface area (Å²) in [5.74, 6) is -1.21. The van der Waals surface area contributed by atoms with Crippen molar-refractivity contribution in [3.8, 4) is 0 Å². The van der Waals surface area contributed by atoms with Gasteiger partial charge in [0.1, 0.15) is 13.2 Å². The number of rotatable bonds is 10. The summed E-state index contributed by atoms with van der Waals surface area (Å²) < 4.78 is 19.9. The molecule has 0 radical (unpaired) electrons. The van der Waals surface area contributed by atoms with Gasteiger partial charge in [0.2, 0.25) is 6.79 Å². The van der Waals surface area contributed by atoms with Gasteiger partial charge in [0.05, 0.1) is 13.2 Å². The van der Waals surface area contributed by atoms with Gasteiger partial charge < -0.3 is 18.9 Å². The molecule has 0 aliphatic carbocycles. The third kappa shape index (κ3) is 8.10. The molecule has 2 aromatic carbocycles. The van der Waals surface area contributed by atoms with Crippen LogP contribution in [0.1, 0.15) is 11.1 Å². The van der Waals surface area contributed by atoms with Gasteiger partial charge in [-0.3, -0.25) is 0 Å². The second-order valence-corrected chi connectivity index (χ2v) is 5.11. The van der Waals surface area contributed by atoms with Crippen LogP contribution in [-0.4, -0.2) is 31.9 Å². The van der Waals surface area contributed by atoms with Crippen molar-refractivity contribution in [2.24, 2.45) is 0 Å². The molecule has 0 saturated heterocycles. The fourth-order valence-corrected chi connectivity index (χ4v) is 1.90. The van der Waals surface area contributed by atoms with Crippen LogP contribution >= 0.6 is 0 Å². The van der Waals surface area contributed by atoms with Crippen LogP contribution in [-0.2, 0) is 41.8 Å². The first-order chi connectivity index (χ1) is 12.2. The van der Waals surface area contributed by atoms with Crippen molar-refractivity contribution < 1.29 is 28.5 Å². The molecule has 132 valence electrons. The Morgan fingerprint density at radius 2 is 1.04 bits per heavy atom. The van der Waals surface area contributed by atoms with E-state index in [0.29, 0.717) is 13.2 Å². The van der Waals surface area contributed by atoms with Crippen LogP contribution in [0.25, 0.3) is 0 Å². The van der Waals surface area contributed by atoms with E-state index in [2.05, 4.69) is 0 Å². The normalized spacial score (nSPS) is 10.2. The minimum atomic E-state index is -0.603. The highest BCUT2D eigenvalue weighted by molar-refractivity contribution is 5.72. The lowest BCUT2D eigenvalue weighted by atomic mass is 10.2. The minimum Gasteiger partial charge on any atom is -0.426 e. The molecule has 0 fully saturated rings. The molecule has 6 nitrogen and oxygen atoms in total. The summed E-state index contributed by atoms with van der Waals surface area (Å²) in [6, 6.07) is 18.9. The molecule has 0 amide bonds. The summed E-state index contributed by atoms with van der Waals surface area (Å²) in [5.41, 5.74) is 1.91. The lowest BCUT2D eigenvalue weighted by Crippen LogP contribution is -2.19. The van der Waals surface area contributed by atoms with E-state index >= 15 is 0 Å². The number of esters is 2. The third-order valence-electron chi connectivity index (χ3n) is 3.10. The van der Waals surface area contributed by atoms with Gasteiger partial charge in [-0.1, -0.05) is 60.7 Å². The van der Waals surface area contributed by atoms with Crippen LogP contribution < -0.4 is 0 Å². The third-order valence-corrected chi connectivity index (χ3v) is 3.10. The zero-order valence-electron chi connectivity index (χ0n) is 13.8. The Morgan fingerprint density at radius 1 is 0.640 bits per heavy atom. The molecule has 0 bridgehead atoms. The molecule has 0 aliphatic rings. The molecule has 0 N–H and O–H groups in total. The summed E-state index contributed by atoms with van der Waals surface area (Å²) in [7, 11) is 0. The molecule has 0 spiro atoms. The van der Waals surface area contributed by atoms with E-state index in [4.69, 9.17) is 18.9 Å². The molecule has 0 atom stereocenters. The van der Waals surface area contributed by atoms with Crippen LogP contribution in [0.2, 0.25) is 0 Å². The van der Waals surface area contributed by atoms with Gasteiger partial charge in [-0.05, 0) is 11.1 Å². The molecule has 0 saturated carbocycles. The zero-order valence-corrected chi connectivity index (χ0v) is 13.8. The van der Waals surface area contributed by atoms with Crippen molar-refractivity contribution in [1.29, 1.82) is 0 Å². The lowest BCUT2D eigenvalue weighted by molar-refractivity contribution is -0.173. The Kier molecular flexibility index (Phi) is 8.17. The van der Waals surface area contributed by atoms with E-state index in [1.54, 1.807) is 0 Å². The molecule has 2 aromatic rings. The predicted octanol–water partition coefficient (Wildman–Crippen LogP) is 2.46. The largest absolute Gasteiger partial charge is 0.426 e. The SMILES string of the molecule is O=C(COCc1ccccc1)OCOC(=O)COCc1ccccc1. The van der Waals surface area contributed by atoms with Gasteiger partial charge in [-0.15, -0.1) is 0 Å². The van der Waals surface area contributed by atoms with Crippen molar-refractivity contribution in [1.82, 2.24) is 0 Å². The summed E-state index contributed by atoms with van der Waals surface area (Å²) in [4.78, 5) is 22.9. The van der Waals surface area contributed by atoms with Crippen molar-refractivity contribution >= 4 is 11.9 Å². The average molecular weight is 344 g/mol. The Morgan fingerprint density at radius 3 is 1.44 bits per heavy atom. The van der Waals surface area contributed by atoms with Crippen molar-refractivity contribution in [2.75, 3.05) is 20.0 Å². The van der Waals surface area contributed by atoms with Gasteiger partial charge in [0, 0.05) is 0 Å². The fraction of sp³-hybridized carbons (Fsp3) is 0.263. The Hall–Kier alpha value is -2.70. The van der Waals surface area contributed by atoms with Gasteiger partial charge >= 0.3 is 11.9 Å². The summed E-state index contributed by atoms with van der Waals surface area (Å²) in [5, 5.41) is 0. The molecular weight excluding hydrogens is 324 g/mol. The topological polar surface area (TPSA) is 71.1 Å². The molecule has 6 heteroatoms. The van der Waals surface area contributed by atoms with E-state index in [9.17, 15) is 9.59 Å². The first kappa shape index (κ1) is 18.6. The Bertz CT molecular complexity index is 584. The molecule has 2 rings (SSSR count). The zero-order chi connectivity index (χ0) is 17.7. The number of hydrogen-bond acceptors (Lipinski definition) is 6. The first-order valence-corrected chi connectivity index (χ1v) is 7.78. The molecule has 0 heterocycles. The van der Waals surface area contributed by atoms with Gasteiger partial charge in [0.25, 0.3) is 0 Å². The smallest absolute Gasteiger partial charge is 0.334 e. The highest BCUT2D eigenvalue weighted by atomic mass is 16.7. The summed E-state index contributed by atoms with van der Waals surface area (Å²) in [6.45, 7) is -0.263. The minimum absolute atomic E-state index is 0.211. The monoisotopic (exact) mass is 344 g/mol. The number of carbonyl (C=O) groups is 2. The quantitative estimate of drug-likeness (QED) is 0.487. The second kappa shape index (κ2) is 11.0. The van der Waals surface area contributed by atoms with E-state index < -0.39 is 18.7 Å². The average Bonchev–Trinajstić information content (AvgIpc) is 2.63. The standard InChI is InChI=1S/C19H20O6/c20-18(13-22-11-16-7-3-1-4-8-16)24-15-25-19(21)14-23-12-17-9-5-2-6-10-17/h1-10H,11-15H2. The number of hydrogen-bond donors (Lipinski definition) is 0. The van der Waals surface area contributed by atoms with E-state index in [1.807, 2.05) is 60.7 Å². The van der Waals surface area contributed by atoms with Crippen LogP contribution in [0.3, 0.4) is 0 Å². The maximum absolute atomic E-state index is 11.4. The van der Waals surface area contributed by atoms with Crippen molar-refractivity contribution in [2.45, 2.75) is 13.2 Å². The molecular formula is C19H20O6. The van der Waals surface area contributed by atoms with Crippen molar-refractivity contribution in [3.63, 3.8) is 0 Å². The lowest BCUT2D eigenvalue weighted by Gasteiger charge is -2.07. The highest BCUT2D eigenvalue weighted by Crippen LogP contribution is 2.01. The number of benzene rings is 2. The van der Waals surface area contributed by atoms with Crippen molar-refractivity contribution in [3.05, 3.63) is 71.8 Å². The molecule has 25 heavy (non-hydrogen) atoms. The maximum atomic E-state index is 11.4. The first-order valence-electron chi connectivity index (χ1n) is 7.78. The molecule has 0 unspecified atom stereocenters. The summed E-state index contributed by atoms with van der Waals surface area (Å²) >= 11 is 0. The molecule has 0 aliphatic heterocycles. The number of carbonyl (C=O) groups excluding carboxylic acids is 2. The van der Waals surface area contributed by atoms with Gasteiger partial charge in [-0.25, -0.2) is 9.59 Å². The fourth-order valence-electron chi connectivity index (χ4n) is 1.90. The van der Waals surface area contributed by atoms with Crippen LogP contribution in [0.4, 0.5) is 0 Å². The van der Waals surface area contributed by atoms with Gasteiger partial charge in [-0.2, -0.15) is 0 Å². The van der Waals surface area contributed by atoms with Crippen LogP contribution in [0.5, 0.6) is 0 Å². The van der Waals surface area contributed by atoms with E-state index in [-0.39, 0.29) is 13.2 Å². The predicted molar refractivity (Wildman–Crippen MR) is 89.2 cm³/mol. The van der Waals surface area contributed by atoms with Crippen LogP contribution in [0, 0.1) is 0 Å². The second-order valence-electron chi connectivity index (χ2n) is 5.11.